The summed E-state index contributed by atoms with van der Waals surface area (Å²) in [5.74, 6) is -0.694. The molecule has 0 bridgehead atoms. The molecule has 1 aliphatic heterocycles. The number of aliphatic hydroxyl groups excluding tert-OH is 1. The number of benzene rings is 2. The summed E-state index contributed by atoms with van der Waals surface area (Å²) >= 11 is 1.34. The first-order chi connectivity index (χ1) is 19.7. The summed E-state index contributed by atoms with van der Waals surface area (Å²) in [6.07, 6.45) is 2.66. The fourth-order valence-electron chi connectivity index (χ4n) is 5.18. The Morgan fingerprint density at radius 1 is 1.05 bits per heavy atom. The average Bonchev–Trinajstić information content (AvgIpc) is 3.58. The number of amides is 1. The molecule has 1 amide bonds. The molecule has 0 saturated carbocycles. The second-order valence-electron chi connectivity index (χ2n) is 10.7. The molecule has 1 saturated heterocycles. The van der Waals surface area contributed by atoms with Crippen molar-refractivity contribution in [1.29, 1.82) is 0 Å². The summed E-state index contributed by atoms with van der Waals surface area (Å²) < 4.78 is 8.65. The molecule has 2 aromatic carbocycles. The molecule has 1 unspecified atom stereocenters. The number of hydrogen-bond acceptors (Lipinski definition) is 7. The maximum atomic E-state index is 13.8. The summed E-state index contributed by atoms with van der Waals surface area (Å²) in [6, 6.07) is 17.8. The monoisotopic (exact) mass is 566 g/mol. The minimum atomic E-state index is -0.918. The van der Waals surface area contributed by atoms with Crippen LogP contribution in [0.1, 0.15) is 48.8 Å². The van der Waals surface area contributed by atoms with Gasteiger partial charge in [-0.3, -0.25) is 18.9 Å². The Hall–Kier alpha value is -4.50. The quantitative estimate of drug-likeness (QED) is 0.135. The number of imidazole rings is 1. The van der Waals surface area contributed by atoms with E-state index < -0.39 is 17.7 Å². The molecule has 1 fully saturated rings. The molecule has 5 aromatic rings. The van der Waals surface area contributed by atoms with E-state index in [4.69, 9.17) is 9.72 Å². The van der Waals surface area contributed by atoms with Crippen molar-refractivity contribution in [2.24, 2.45) is 5.92 Å². The summed E-state index contributed by atoms with van der Waals surface area (Å²) in [5, 5.41) is 12.2. The van der Waals surface area contributed by atoms with Gasteiger partial charge in [-0.25, -0.2) is 9.97 Å². The number of thiazole rings is 1. The predicted octanol–water partition coefficient (Wildman–Crippen LogP) is 6.61. The van der Waals surface area contributed by atoms with Gasteiger partial charge < -0.3 is 9.84 Å². The van der Waals surface area contributed by atoms with E-state index in [0.29, 0.717) is 46.0 Å². The second kappa shape index (κ2) is 10.5. The number of carbonyl (C=O) groups excluding carboxylic acids is 2. The molecule has 0 radical (unpaired) electrons. The van der Waals surface area contributed by atoms with Crippen LogP contribution in [0, 0.1) is 19.8 Å². The molecule has 1 aliphatic rings. The fourth-order valence-corrected chi connectivity index (χ4v) is 6.27. The lowest BCUT2D eigenvalue weighted by Crippen LogP contribution is -2.29. The molecule has 6 rings (SSSR count). The van der Waals surface area contributed by atoms with E-state index in [-0.39, 0.29) is 11.3 Å². The third-order valence-corrected chi connectivity index (χ3v) is 8.27. The maximum Gasteiger partial charge on any atom is 0.301 e. The zero-order valence-corrected chi connectivity index (χ0v) is 24.1. The number of rotatable bonds is 7. The lowest BCUT2D eigenvalue weighted by Gasteiger charge is -2.23. The predicted molar refractivity (Wildman–Crippen MR) is 160 cm³/mol. The Labute approximate surface area is 241 Å². The zero-order valence-electron chi connectivity index (χ0n) is 23.3. The number of aliphatic hydroxyl groups is 1. The van der Waals surface area contributed by atoms with Crippen molar-refractivity contribution >= 4 is 49.8 Å². The molecule has 4 heterocycles. The van der Waals surface area contributed by atoms with Gasteiger partial charge in [0, 0.05) is 6.20 Å². The number of pyridine rings is 1. The molecule has 1 N–H and O–H groups in total. The van der Waals surface area contributed by atoms with Gasteiger partial charge in [-0.05, 0) is 73.7 Å². The number of ether oxygens (including phenoxy) is 1. The van der Waals surface area contributed by atoms with Gasteiger partial charge in [0.25, 0.3) is 5.78 Å². The third kappa shape index (κ3) is 4.76. The average molecular weight is 567 g/mol. The summed E-state index contributed by atoms with van der Waals surface area (Å²) in [6.45, 7) is 8.57. The van der Waals surface area contributed by atoms with Crippen molar-refractivity contribution in [2.45, 2.75) is 40.2 Å². The van der Waals surface area contributed by atoms with E-state index in [1.165, 1.54) is 16.2 Å². The van der Waals surface area contributed by atoms with E-state index in [1.54, 1.807) is 17.5 Å². The van der Waals surface area contributed by atoms with Crippen LogP contribution in [0.3, 0.4) is 0 Å². The van der Waals surface area contributed by atoms with E-state index in [1.807, 2.05) is 67.6 Å². The molecule has 0 spiro atoms. The first-order valence-corrected chi connectivity index (χ1v) is 14.4. The number of nitrogens with zero attached hydrogens (tertiary/aromatic N) is 4. The largest absolute Gasteiger partial charge is 0.505 e. The van der Waals surface area contributed by atoms with E-state index in [2.05, 4.69) is 18.8 Å². The Balaban J connectivity index is 1.54. The van der Waals surface area contributed by atoms with Gasteiger partial charge in [0.15, 0.2) is 10.9 Å². The summed E-state index contributed by atoms with van der Waals surface area (Å²) in [4.78, 5) is 38.2. The number of hydrogen-bond donors (Lipinski definition) is 1. The molecule has 208 valence electrons. The Morgan fingerprint density at radius 2 is 1.88 bits per heavy atom. The molecule has 8 nitrogen and oxygen atoms in total. The van der Waals surface area contributed by atoms with E-state index >= 15 is 0 Å². The highest BCUT2D eigenvalue weighted by atomic mass is 32.1. The standard InChI is InChI=1S/C32H30N4O4S/c1-18(2)13-15-40-22-9-7-8-21(17-22)28-26(29(37)27-20(4)33-25-10-5-6-14-35(25)27)30(38)31(39)36(28)32-34-23-12-11-19(3)16-24(23)41-32/h5-12,14,16-18,28,37H,13,15H2,1-4H3/b29-26+. The molecular formula is C32H30N4O4S. The highest BCUT2D eigenvalue weighted by Gasteiger charge is 2.48. The van der Waals surface area contributed by atoms with Gasteiger partial charge in [-0.1, -0.05) is 49.4 Å². The molecule has 1 atom stereocenters. The van der Waals surface area contributed by atoms with Gasteiger partial charge in [0.1, 0.15) is 17.1 Å². The summed E-state index contributed by atoms with van der Waals surface area (Å²) in [7, 11) is 0. The van der Waals surface area contributed by atoms with Crippen LogP contribution in [-0.2, 0) is 9.59 Å². The maximum absolute atomic E-state index is 13.8. The van der Waals surface area contributed by atoms with Crippen LogP contribution in [0.4, 0.5) is 5.13 Å². The number of fused-ring (bicyclic) bond motifs is 2. The lowest BCUT2D eigenvalue weighted by molar-refractivity contribution is -0.132. The number of Topliss-reactive ketones (excluding diaryl/α,β-unsaturated/α-hetero) is 1. The van der Waals surface area contributed by atoms with Crippen molar-refractivity contribution < 1.29 is 19.4 Å². The first kappa shape index (κ1) is 26.7. The molecule has 3 aromatic heterocycles. The van der Waals surface area contributed by atoms with Gasteiger partial charge in [-0.2, -0.15) is 0 Å². The Bertz CT molecular complexity index is 1850. The van der Waals surface area contributed by atoms with Crippen LogP contribution < -0.4 is 9.64 Å². The van der Waals surface area contributed by atoms with Crippen LogP contribution >= 0.6 is 11.3 Å². The highest BCUT2D eigenvalue weighted by Crippen LogP contribution is 2.45. The Morgan fingerprint density at radius 3 is 2.68 bits per heavy atom. The van der Waals surface area contributed by atoms with Crippen molar-refractivity contribution in [3.8, 4) is 5.75 Å². The molecule has 0 aliphatic carbocycles. The van der Waals surface area contributed by atoms with Crippen LogP contribution in [0.2, 0.25) is 0 Å². The zero-order chi connectivity index (χ0) is 28.8. The number of anilines is 1. The summed E-state index contributed by atoms with van der Waals surface area (Å²) in [5.41, 5.74) is 3.96. The van der Waals surface area contributed by atoms with Crippen LogP contribution in [0.15, 0.2) is 72.4 Å². The number of aromatic nitrogens is 3. The van der Waals surface area contributed by atoms with Crippen molar-refractivity contribution in [3.63, 3.8) is 0 Å². The van der Waals surface area contributed by atoms with Crippen LogP contribution in [0.5, 0.6) is 5.75 Å². The lowest BCUT2D eigenvalue weighted by atomic mass is 9.96. The van der Waals surface area contributed by atoms with Crippen molar-refractivity contribution in [1.82, 2.24) is 14.4 Å². The third-order valence-electron chi connectivity index (χ3n) is 7.25. The number of ketones is 1. The van der Waals surface area contributed by atoms with Gasteiger partial charge in [-0.15, -0.1) is 0 Å². The van der Waals surface area contributed by atoms with Gasteiger partial charge in [0.2, 0.25) is 0 Å². The highest BCUT2D eigenvalue weighted by molar-refractivity contribution is 7.22. The van der Waals surface area contributed by atoms with Crippen molar-refractivity contribution in [2.75, 3.05) is 11.5 Å². The van der Waals surface area contributed by atoms with E-state index in [0.717, 1.165) is 22.2 Å². The van der Waals surface area contributed by atoms with Gasteiger partial charge >= 0.3 is 5.91 Å². The van der Waals surface area contributed by atoms with Crippen molar-refractivity contribution in [3.05, 3.63) is 94.9 Å². The minimum absolute atomic E-state index is 0.0153. The minimum Gasteiger partial charge on any atom is -0.505 e. The normalized spacial score (nSPS) is 16.9. The number of aryl methyl sites for hydroxylation is 2. The molecular weight excluding hydrogens is 536 g/mol. The van der Waals surface area contributed by atoms with Gasteiger partial charge in [0.05, 0.1) is 34.1 Å². The fraction of sp³-hybridized carbons (Fsp3) is 0.250. The number of carbonyl (C=O) groups is 2. The SMILES string of the molecule is Cc1ccc2nc(N3C(=O)C(=O)/C(=C(/O)c4c(C)nc5ccccn45)C3c3cccc(OCCC(C)C)c3)sc2c1. The smallest absolute Gasteiger partial charge is 0.301 e. The molecule has 9 heteroatoms. The topological polar surface area (TPSA) is 97.0 Å². The van der Waals surface area contributed by atoms with E-state index in [9.17, 15) is 14.7 Å². The van der Waals surface area contributed by atoms with Crippen LogP contribution in [0.25, 0.3) is 21.6 Å². The Kier molecular flexibility index (Phi) is 6.83. The molecule has 41 heavy (non-hydrogen) atoms. The first-order valence-electron chi connectivity index (χ1n) is 13.6. The second-order valence-corrected chi connectivity index (χ2v) is 11.7. The van der Waals surface area contributed by atoms with Crippen LogP contribution in [-0.4, -0.2) is 37.8 Å².